The average Bonchev–Trinajstić information content (AvgIpc) is 3.17. The molecule has 0 radical (unpaired) electrons. The van der Waals surface area contributed by atoms with Crippen LogP contribution < -0.4 is 0 Å². The van der Waals surface area contributed by atoms with Crippen LogP contribution in [0.3, 0.4) is 0 Å². The molecule has 5 rings (SSSR count). The number of hydrogen-bond acceptors (Lipinski definition) is 5. The summed E-state index contributed by atoms with van der Waals surface area (Å²) in [6.45, 7) is 1.37. The number of halogens is 2. The monoisotopic (exact) mass is 586 g/mol. The molecule has 216 valence electrons. The molecule has 1 aliphatic carbocycles. The quantitative estimate of drug-likeness (QED) is 0.250. The first-order valence-electron chi connectivity index (χ1n) is 14.2. The van der Waals surface area contributed by atoms with Gasteiger partial charge < -0.3 is 9.84 Å². The third-order valence-electron chi connectivity index (χ3n) is 8.20. The number of carboxylic acid groups (broad SMARTS) is 1. The lowest BCUT2D eigenvalue weighted by Crippen LogP contribution is -2.58. The van der Waals surface area contributed by atoms with Crippen LogP contribution in [0.1, 0.15) is 63.0 Å². The van der Waals surface area contributed by atoms with Crippen LogP contribution in [-0.4, -0.2) is 48.4 Å². The molecule has 1 saturated heterocycles. The third-order valence-corrected chi connectivity index (χ3v) is 8.44. The number of ether oxygens (including phenoxy) is 1. The molecule has 0 aromatic heterocycles. The number of nitriles is 1. The molecule has 0 spiro atoms. The summed E-state index contributed by atoms with van der Waals surface area (Å²) in [6.07, 6.45) is 3.35. The maximum atomic E-state index is 12.7. The van der Waals surface area contributed by atoms with Gasteiger partial charge in [0.05, 0.1) is 24.7 Å². The second-order valence-electron chi connectivity index (χ2n) is 10.8. The van der Waals surface area contributed by atoms with Crippen molar-refractivity contribution in [2.75, 3.05) is 19.8 Å². The number of carbonyl (C=O) groups excluding carboxylic acids is 1. The fourth-order valence-corrected chi connectivity index (χ4v) is 6.47. The van der Waals surface area contributed by atoms with E-state index in [1.807, 2.05) is 29.2 Å². The first kappa shape index (κ1) is 29.5. The Morgan fingerprint density at radius 3 is 2.62 bits per heavy atom. The van der Waals surface area contributed by atoms with Crippen LogP contribution in [0, 0.1) is 17.2 Å². The van der Waals surface area contributed by atoms with Crippen molar-refractivity contribution in [3.05, 3.63) is 105 Å². The molecular formula is C34H32ClFN2O4. The van der Waals surface area contributed by atoms with Crippen LogP contribution in [0.25, 0.3) is 11.1 Å². The SMILES string of the molecule is N#CCc1cc(Cl)ccc1C1=C(c2ccc(CC3CN(CCCF)C3OC=O)cc2)c2ccc(C(=O)O)cc2CCC1. The molecule has 3 aromatic rings. The van der Waals surface area contributed by atoms with Crippen LogP contribution in [0.2, 0.25) is 5.02 Å². The maximum Gasteiger partial charge on any atom is 0.335 e. The molecule has 8 heteroatoms. The standard InChI is InChI=1S/C34H32ClFN2O4/c35-28-10-12-29(25(19-28)13-15-37)31-4-1-3-24-18-26(34(40)41)9-11-30(24)32(31)23-7-5-22(6-8-23)17-27-20-38(16-2-14-36)33(27)42-21-39/h5-12,18-19,21,27,33H,1-4,13-14,16-17,20H2,(H,40,41). The molecule has 0 bridgehead atoms. The first-order valence-corrected chi connectivity index (χ1v) is 14.5. The number of allylic oxidation sites excluding steroid dienone is 1. The molecule has 1 N–H and O–H groups in total. The minimum Gasteiger partial charge on any atom is -0.478 e. The second kappa shape index (κ2) is 13.3. The van der Waals surface area contributed by atoms with Crippen molar-refractivity contribution < 1.29 is 23.8 Å². The van der Waals surface area contributed by atoms with Crippen molar-refractivity contribution in [2.24, 2.45) is 5.92 Å². The molecule has 2 aliphatic rings. The van der Waals surface area contributed by atoms with E-state index in [4.69, 9.17) is 16.3 Å². The van der Waals surface area contributed by atoms with Crippen molar-refractivity contribution in [1.82, 2.24) is 4.90 Å². The van der Waals surface area contributed by atoms with Gasteiger partial charge in [0.1, 0.15) is 0 Å². The molecule has 2 unspecified atom stereocenters. The normalized spacial score (nSPS) is 18.4. The Kier molecular flexibility index (Phi) is 9.36. The fourth-order valence-electron chi connectivity index (χ4n) is 6.27. The minimum atomic E-state index is -0.956. The van der Waals surface area contributed by atoms with Gasteiger partial charge in [0.2, 0.25) is 0 Å². The van der Waals surface area contributed by atoms with Gasteiger partial charge in [-0.3, -0.25) is 14.1 Å². The van der Waals surface area contributed by atoms with Gasteiger partial charge in [-0.2, -0.15) is 5.26 Å². The summed E-state index contributed by atoms with van der Waals surface area (Å²) in [7, 11) is 0. The molecule has 1 heterocycles. The molecular weight excluding hydrogens is 555 g/mol. The number of alkyl halides is 1. The number of aryl methyl sites for hydroxylation is 1. The second-order valence-corrected chi connectivity index (χ2v) is 11.3. The highest BCUT2D eigenvalue weighted by Gasteiger charge is 2.40. The lowest BCUT2D eigenvalue weighted by molar-refractivity contribution is -0.175. The van der Waals surface area contributed by atoms with Crippen LogP contribution in [0.5, 0.6) is 0 Å². The summed E-state index contributed by atoms with van der Waals surface area (Å²) in [5.41, 5.74) is 8.30. The Balaban J connectivity index is 1.54. The number of nitrogens with zero attached hydrogens (tertiary/aromatic N) is 2. The summed E-state index contributed by atoms with van der Waals surface area (Å²) < 4.78 is 18.0. The van der Waals surface area contributed by atoms with E-state index < -0.39 is 12.6 Å². The first-order chi connectivity index (χ1) is 20.4. The molecule has 0 saturated carbocycles. The van der Waals surface area contributed by atoms with Gasteiger partial charge >= 0.3 is 5.97 Å². The topological polar surface area (TPSA) is 90.6 Å². The van der Waals surface area contributed by atoms with Crippen molar-refractivity contribution in [3.63, 3.8) is 0 Å². The summed E-state index contributed by atoms with van der Waals surface area (Å²) in [4.78, 5) is 24.8. The van der Waals surface area contributed by atoms with Gasteiger partial charge in [-0.1, -0.05) is 48.0 Å². The molecule has 0 amide bonds. The Morgan fingerprint density at radius 1 is 1.12 bits per heavy atom. The van der Waals surface area contributed by atoms with E-state index in [2.05, 4.69) is 30.3 Å². The average molecular weight is 587 g/mol. The Hall–Kier alpha value is -3.99. The van der Waals surface area contributed by atoms with Crippen molar-refractivity contribution in [2.45, 2.75) is 44.8 Å². The highest BCUT2D eigenvalue weighted by Crippen LogP contribution is 2.42. The number of rotatable bonds is 11. The molecule has 6 nitrogen and oxygen atoms in total. The number of benzene rings is 3. The zero-order valence-corrected chi connectivity index (χ0v) is 23.9. The van der Waals surface area contributed by atoms with E-state index in [0.29, 0.717) is 24.5 Å². The number of fused-ring (bicyclic) bond motifs is 1. The van der Waals surface area contributed by atoms with Gasteiger partial charge in [-0.05, 0) is 101 Å². The Labute approximate surface area is 250 Å². The zero-order valence-electron chi connectivity index (χ0n) is 23.2. The zero-order chi connectivity index (χ0) is 29.6. The fraction of sp³-hybridized carbons (Fsp3) is 0.324. The highest BCUT2D eigenvalue weighted by atomic mass is 35.5. The maximum absolute atomic E-state index is 12.7. The van der Waals surface area contributed by atoms with E-state index in [1.54, 1.807) is 12.1 Å². The molecule has 2 atom stereocenters. The lowest BCUT2D eigenvalue weighted by Gasteiger charge is -2.46. The van der Waals surface area contributed by atoms with E-state index in [9.17, 15) is 24.3 Å². The Morgan fingerprint density at radius 2 is 1.90 bits per heavy atom. The smallest absolute Gasteiger partial charge is 0.335 e. The molecule has 1 aliphatic heterocycles. The summed E-state index contributed by atoms with van der Waals surface area (Å²) in [5.74, 6) is -0.826. The predicted molar refractivity (Wildman–Crippen MR) is 160 cm³/mol. The van der Waals surface area contributed by atoms with Gasteiger partial charge in [0.15, 0.2) is 6.23 Å². The largest absolute Gasteiger partial charge is 0.478 e. The van der Waals surface area contributed by atoms with Gasteiger partial charge in [-0.25, -0.2) is 4.79 Å². The van der Waals surface area contributed by atoms with E-state index >= 15 is 0 Å². The third kappa shape index (κ3) is 6.25. The van der Waals surface area contributed by atoms with Crippen LogP contribution in [0.15, 0.2) is 60.7 Å². The van der Waals surface area contributed by atoms with Crippen LogP contribution in [0.4, 0.5) is 4.39 Å². The molecule has 3 aromatic carbocycles. The summed E-state index contributed by atoms with van der Waals surface area (Å²) >= 11 is 6.32. The molecule has 1 fully saturated rings. The van der Waals surface area contributed by atoms with Gasteiger partial charge in [-0.15, -0.1) is 0 Å². The lowest BCUT2D eigenvalue weighted by atomic mass is 9.84. The predicted octanol–water partition coefficient (Wildman–Crippen LogP) is 6.73. The minimum absolute atomic E-state index is 0.131. The number of carboxylic acids is 1. The van der Waals surface area contributed by atoms with Crippen molar-refractivity contribution in [3.8, 4) is 6.07 Å². The number of likely N-dealkylation sites (tertiary alicyclic amines) is 1. The number of aromatic carboxylic acids is 1. The molecule has 42 heavy (non-hydrogen) atoms. The Bertz CT molecular complexity index is 1550. The van der Waals surface area contributed by atoms with Crippen molar-refractivity contribution in [1.29, 1.82) is 5.26 Å². The van der Waals surface area contributed by atoms with E-state index in [0.717, 1.165) is 76.8 Å². The summed E-state index contributed by atoms with van der Waals surface area (Å²) in [5, 5.41) is 19.7. The highest BCUT2D eigenvalue weighted by molar-refractivity contribution is 6.30. The number of carbonyl (C=O) groups is 2. The van der Waals surface area contributed by atoms with E-state index in [-0.39, 0.29) is 24.1 Å². The van der Waals surface area contributed by atoms with Gasteiger partial charge in [0, 0.05) is 24.0 Å². The van der Waals surface area contributed by atoms with Crippen LogP contribution in [-0.2, 0) is 28.8 Å². The van der Waals surface area contributed by atoms with Crippen LogP contribution >= 0.6 is 11.6 Å². The van der Waals surface area contributed by atoms with Crippen molar-refractivity contribution >= 4 is 35.2 Å². The summed E-state index contributed by atoms with van der Waals surface area (Å²) in [6, 6.07) is 21.6. The van der Waals surface area contributed by atoms with Gasteiger partial charge in [0.25, 0.3) is 6.47 Å². The van der Waals surface area contributed by atoms with E-state index in [1.165, 1.54) is 0 Å². The number of hydrogen-bond donors (Lipinski definition) is 1.